The topological polar surface area (TPSA) is 166 Å². The molecule has 36 heavy (non-hydrogen) atoms. The minimum absolute atomic E-state index is 0.0634. The highest BCUT2D eigenvalue weighted by Gasteiger charge is 2.28. The van der Waals surface area contributed by atoms with Gasteiger partial charge in [0.25, 0.3) is 10.1 Å². The van der Waals surface area contributed by atoms with Gasteiger partial charge in [-0.15, -0.1) is 0 Å². The zero-order valence-electron chi connectivity index (χ0n) is 19.0. The fourth-order valence-electron chi connectivity index (χ4n) is 3.55. The Bertz CT molecular complexity index is 1480. The second-order valence-corrected chi connectivity index (χ2v) is 9.63. The van der Waals surface area contributed by atoms with Crippen molar-refractivity contribution in [1.29, 1.82) is 0 Å². The van der Waals surface area contributed by atoms with Crippen LogP contribution in [0, 0.1) is 6.92 Å². The Morgan fingerprint density at radius 1 is 0.889 bits per heavy atom. The van der Waals surface area contributed by atoms with E-state index in [9.17, 15) is 37.6 Å². The molecule has 0 heterocycles. The van der Waals surface area contributed by atoms with Crippen molar-refractivity contribution >= 4 is 56.6 Å². The van der Waals surface area contributed by atoms with Crippen molar-refractivity contribution in [1.82, 2.24) is 0 Å². The Kier molecular flexibility index (Phi) is 9.00. The predicted molar refractivity (Wildman–Crippen MR) is 133 cm³/mol. The predicted octanol–water partition coefficient (Wildman–Crippen LogP) is 4.20. The van der Waals surface area contributed by atoms with Gasteiger partial charge < -0.3 is 15.3 Å². The Labute approximate surface area is 216 Å². The number of benzene rings is 2. The van der Waals surface area contributed by atoms with Gasteiger partial charge in [-0.25, -0.2) is 9.59 Å². The van der Waals surface area contributed by atoms with Crippen LogP contribution in [0.25, 0.3) is 5.57 Å². The Balaban J connectivity index is 0.00000222. The van der Waals surface area contributed by atoms with E-state index < -0.39 is 43.3 Å². The van der Waals surface area contributed by atoms with Crippen LogP contribution in [0.4, 0.5) is 0 Å². The molecule has 1 aliphatic rings. The van der Waals surface area contributed by atoms with Gasteiger partial charge in [-0.2, -0.15) is 8.42 Å². The van der Waals surface area contributed by atoms with Crippen LogP contribution in [0.5, 0.6) is 0 Å². The third kappa shape index (κ3) is 5.92. The molecule has 0 bridgehead atoms. The van der Waals surface area contributed by atoms with E-state index in [1.165, 1.54) is 31.2 Å². The number of carbonyl (C=O) groups excluding carboxylic acids is 1. The summed E-state index contributed by atoms with van der Waals surface area (Å²) >= 11 is 12.8. The van der Waals surface area contributed by atoms with E-state index in [1.54, 1.807) is 13.0 Å². The van der Waals surface area contributed by atoms with Crippen LogP contribution in [0.1, 0.15) is 34.0 Å². The normalized spacial score (nSPS) is 14.8. The molecule has 2 aromatic rings. The number of halogens is 2. The van der Waals surface area contributed by atoms with Crippen LogP contribution < -0.4 is 0 Å². The average molecular weight is 555 g/mol. The third-order valence-corrected chi connectivity index (χ3v) is 6.71. The van der Waals surface area contributed by atoms with E-state index >= 15 is 0 Å². The Morgan fingerprint density at radius 3 is 2.00 bits per heavy atom. The molecule has 0 saturated carbocycles. The summed E-state index contributed by atoms with van der Waals surface area (Å²) < 4.78 is 33.4. The van der Waals surface area contributed by atoms with Crippen LogP contribution >= 0.6 is 23.2 Å². The van der Waals surface area contributed by atoms with Gasteiger partial charge in [-0.05, 0) is 78.1 Å². The first-order chi connectivity index (χ1) is 16.7. The number of aliphatic hydroxyl groups excluding tert-OH is 1. The number of hydrogen-bond donors (Lipinski definition) is 4. The fourth-order valence-corrected chi connectivity index (χ4v) is 4.97. The number of carbonyl (C=O) groups is 3. The number of Topliss-reactive ketones (excluding diaryl/α,β-unsaturated/α-hetero) is 1. The summed E-state index contributed by atoms with van der Waals surface area (Å²) in [5, 5.41) is 25.5. The lowest BCUT2D eigenvalue weighted by Gasteiger charge is -2.20. The second kappa shape index (κ2) is 11.2. The molecule has 0 radical (unpaired) electrons. The average Bonchev–Trinajstić information content (AvgIpc) is 2.78. The molecule has 0 saturated heterocycles. The standard InChI is InChI=1S/C23H16Cl2O8S.CH4O/c1-10-5-12(8-14(6-10)22(27)28)18(13-7-11(2)21(26)15(9-13)23(29)30)19-16(24)3-4-17(20(19)25)34(31,32)33;1-2/h3-9H,1-2H3,(H,27,28)(H,29,30)(H,31,32,33);2H,1H3/b18-13-;. The quantitative estimate of drug-likeness (QED) is 0.312. The monoisotopic (exact) mass is 554 g/mol. The maximum absolute atomic E-state index is 12.3. The fraction of sp³-hybridized carbons (Fsp3) is 0.125. The van der Waals surface area contributed by atoms with Crippen LogP contribution in [0.2, 0.25) is 10.0 Å². The highest BCUT2D eigenvalue weighted by atomic mass is 35.5. The summed E-state index contributed by atoms with van der Waals surface area (Å²) in [6.07, 6.45) is 2.43. The van der Waals surface area contributed by atoms with E-state index in [-0.39, 0.29) is 38.4 Å². The lowest BCUT2D eigenvalue weighted by molar-refractivity contribution is -0.134. The number of aryl methyl sites for hydroxylation is 1. The van der Waals surface area contributed by atoms with E-state index in [2.05, 4.69) is 0 Å². The van der Waals surface area contributed by atoms with E-state index in [4.69, 9.17) is 28.3 Å². The van der Waals surface area contributed by atoms with Gasteiger partial charge in [0.1, 0.15) is 10.5 Å². The van der Waals surface area contributed by atoms with Crippen molar-refractivity contribution in [3.63, 3.8) is 0 Å². The molecule has 0 fully saturated rings. The number of carboxylic acids is 2. The van der Waals surface area contributed by atoms with E-state index in [0.717, 1.165) is 19.3 Å². The maximum Gasteiger partial charge on any atom is 0.339 e. The van der Waals surface area contributed by atoms with Crippen molar-refractivity contribution in [2.24, 2.45) is 0 Å². The highest BCUT2D eigenvalue weighted by molar-refractivity contribution is 7.86. The molecule has 3 rings (SSSR count). The smallest absolute Gasteiger partial charge is 0.339 e. The van der Waals surface area contributed by atoms with E-state index in [1.807, 2.05) is 0 Å². The zero-order valence-corrected chi connectivity index (χ0v) is 21.4. The first-order valence-electron chi connectivity index (χ1n) is 9.90. The molecular formula is C24H20Cl2O9S. The second-order valence-electron chi connectivity index (χ2n) is 7.45. The van der Waals surface area contributed by atoms with E-state index in [0.29, 0.717) is 5.56 Å². The lowest BCUT2D eigenvalue weighted by atomic mass is 9.85. The first kappa shape index (κ1) is 29.0. The maximum atomic E-state index is 12.3. The summed E-state index contributed by atoms with van der Waals surface area (Å²) in [5.41, 5.74) is 0.207. The molecular weight excluding hydrogens is 535 g/mol. The van der Waals surface area contributed by atoms with Crippen molar-refractivity contribution < 1.29 is 42.7 Å². The summed E-state index contributed by atoms with van der Waals surface area (Å²) in [5.74, 6) is -3.46. The molecule has 0 amide bonds. The molecule has 0 aliphatic heterocycles. The van der Waals surface area contributed by atoms with Crippen molar-refractivity contribution in [3.8, 4) is 0 Å². The lowest BCUT2D eigenvalue weighted by Crippen LogP contribution is -2.17. The van der Waals surface area contributed by atoms with Crippen LogP contribution in [-0.4, -0.2) is 53.1 Å². The molecule has 1 aliphatic carbocycles. The first-order valence-corrected chi connectivity index (χ1v) is 12.1. The van der Waals surface area contributed by atoms with Gasteiger partial charge in [0.05, 0.1) is 15.6 Å². The molecule has 0 unspecified atom stereocenters. The van der Waals surface area contributed by atoms with Gasteiger partial charge in [0.15, 0.2) is 5.78 Å². The number of aliphatic carboxylic acids is 1. The molecule has 12 heteroatoms. The largest absolute Gasteiger partial charge is 0.478 e. The van der Waals surface area contributed by atoms with Gasteiger partial charge in [-0.3, -0.25) is 9.35 Å². The highest BCUT2D eigenvalue weighted by Crippen LogP contribution is 2.42. The molecule has 0 aromatic heterocycles. The van der Waals surface area contributed by atoms with Crippen molar-refractivity contribution in [2.45, 2.75) is 18.7 Å². The summed E-state index contributed by atoms with van der Waals surface area (Å²) in [7, 11) is -3.78. The van der Waals surface area contributed by atoms with Gasteiger partial charge in [0, 0.05) is 12.7 Å². The van der Waals surface area contributed by atoms with Gasteiger partial charge in [0.2, 0.25) is 0 Å². The Morgan fingerprint density at radius 2 is 1.47 bits per heavy atom. The summed E-state index contributed by atoms with van der Waals surface area (Å²) in [4.78, 5) is 35.0. The number of aromatic carboxylic acids is 1. The van der Waals surface area contributed by atoms with Crippen LogP contribution in [0.3, 0.4) is 0 Å². The molecule has 2 aromatic carbocycles. The number of hydrogen-bond acceptors (Lipinski definition) is 6. The number of rotatable bonds is 5. The molecule has 4 N–H and O–H groups in total. The molecule has 190 valence electrons. The summed E-state index contributed by atoms with van der Waals surface area (Å²) in [6, 6.07) is 6.41. The number of aliphatic hydroxyl groups is 1. The summed E-state index contributed by atoms with van der Waals surface area (Å²) in [6.45, 7) is 3.02. The molecule has 9 nitrogen and oxygen atoms in total. The number of allylic oxidation sites excluding steroid dienone is 4. The SMILES string of the molecule is CC1=C/C(=C(\c2cc(C)cc(C(=O)O)c2)c2c(Cl)ccc(S(=O)(=O)O)c2Cl)C=C(C(=O)O)C1=O.CO. The number of ketones is 1. The van der Waals surface area contributed by atoms with Gasteiger partial charge in [-0.1, -0.05) is 29.3 Å². The minimum Gasteiger partial charge on any atom is -0.478 e. The third-order valence-electron chi connectivity index (χ3n) is 4.99. The van der Waals surface area contributed by atoms with Crippen LogP contribution in [0.15, 0.2) is 64.1 Å². The van der Waals surface area contributed by atoms with Crippen LogP contribution in [-0.2, 0) is 19.7 Å². The Hall–Kier alpha value is -3.28. The van der Waals surface area contributed by atoms with Gasteiger partial charge >= 0.3 is 11.9 Å². The minimum atomic E-state index is -4.78. The zero-order chi connectivity index (χ0) is 27.5. The van der Waals surface area contributed by atoms with Crippen molar-refractivity contribution in [3.05, 3.63) is 91.5 Å². The number of carboxylic acid groups (broad SMARTS) is 2. The molecule has 0 atom stereocenters. The molecule has 0 spiro atoms. The van der Waals surface area contributed by atoms with Crippen molar-refractivity contribution in [2.75, 3.05) is 7.11 Å².